The lowest BCUT2D eigenvalue weighted by atomic mass is 9.87. The van der Waals surface area contributed by atoms with Gasteiger partial charge in [0, 0.05) is 5.25 Å². The molecule has 1 rings (SSSR count). The van der Waals surface area contributed by atoms with Gasteiger partial charge in [-0.3, -0.25) is 0 Å². The SMILES string of the molecule is CNC(CCSC(C)C(C)C)(C(=O)O)c1ccccc1. The van der Waals surface area contributed by atoms with Gasteiger partial charge in [-0.2, -0.15) is 11.8 Å². The zero-order chi connectivity index (χ0) is 15.2. The standard InChI is InChI=1S/C16H25NO2S/c1-12(2)13(3)20-11-10-16(17-4,15(18)19)14-8-6-5-7-9-14/h5-9,12-13,17H,10-11H2,1-4H3,(H,18,19). The zero-order valence-corrected chi connectivity index (χ0v) is 13.5. The quantitative estimate of drug-likeness (QED) is 0.772. The summed E-state index contributed by atoms with van der Waals surface area (Å²) < 4.78 is 0. The molecule has 0 radical (unpaired) electrons. The van der Waals surface area contributed by atoms with Crippen molar-refractivity contribution in [1.82, 2.24) is 5.32 Å². The molecule has 112 valence electrons. The Labute approximate surface area is 126 Å². The predicted octanol–water partition coefficient (Wildman–Crippen LogP) is 3.35. The number of carboxylic acid groups (broad SMARTS) is 1. The summed E-state index contributed by atoms with van der Waals surface area (Å²) in [6.07, 6.45) is 0.574. The van der Waals surface area contributed by atoms with Crippen LogP contribution in [0.4, 0.5) is 0 Å². The van der Waals surface area contributed by atoms with Crippen LogP contribution in [0, 0.1) is 5.92 Å². The molecule has 1 aromatic rings. The van der Waals surface area contributed by atoms with Crippen LogP contribution in [0.25, 0.3) is 0 Å². The van der Waals surface area contributed by atoms with Crippen molar-refractivity contribution in [3.05, 3.63) is 35.9 Å². The third-order valence-electron chi connectivity index (χ3n) is 3.86. The fourth-order valence-electron chi connectivity index (χ4n) is 2.06. The highest BCUT2D eigenvalue weighted by Gasteiger charge is 2.38. The van der Waals surface area contributed by atoms with Gasteiger partial charge in [0.15, 0.2) is 0 Å². The molecule has 4 heteroatoms. The Morgan fingerprint density at radius 1 is 1.30 bits per heavy atom. The first-order valence-electron chi connectivity index (χ1n) is 7.03. The summed E-state index contributed by atoms with van der Waals surface area (Å²) >= 11 is 1.84. The molecule has 0 aliphatic heterocycles. The van der Waals surface area contributed by atoms with Crippen LogP contribution in [0.15, 0.2) is 30.3 Å². The Balaban J connectivity index is 2.83. The van der Waals surface area contributed by atoms with E-state index in [9.17, 15) is 9.90 Å². The van der Waals surface area contributed by atoms with Crippen LogP contribution in [-0.4, -0.2) is 29.1 Å². The average Bonchev–Trinajstić information content (AvgIpc) is 2.44. The van der Waals surface area contributed by atoms with Crippen molar-refractivity contribution in [2.75, 3.05) is 12.8 Å². The van der Waals surface area contributed by atoms with Gasteiger partial charge >= 0.3 is 5.97 Å². The highest BCUT2D eigenvalue weighted by molar-refractivity contribution is 7.99. The van der Waals surface area contributed by atoms with Crippen molar-refractivity contribution in [2.45, 2.75) is 38.0 Å². The van der Waals surface area contributed by atoms with E-state index in [1.54, 1.807) is 7.05 Å². The molecule has 0 bridgehead atoms. The molecule has 20 heavy (non-hydrogen) atoms. The number of rotatable bonds is 8. The van der Waals surface area contributed by atoms with Gasteiger partial charge in [-0.1, -0.05) is 51.1 Å². The van der Waals surface area contributed by atoms with Gasteiger partial charge in [0.05, 0.1) is 0 Å². The molecule has 2 N–H and O–H groups in total. The van der Waals surface area contributed by atoms with E-state index < -0.39 is 11.5 Å². The van der Waals surface area contributed by atoms with E-state index in [-0.39, 0.29) is 0 Å². The van der Waals surface area contributed by atoms with Crippen molar-refractivity contribution in [3.8, 4) is 0 Å². The van der Waals surface area contributed by atoms with Gasteiger partial charge in [0.25, 0.3) is 0 Å². The van der Waals surface area contributed by atoms with E-state index >= 15 is 0 Å². The second kappa shape index (κ2) is 7.70. The molecule has 0 amide bonds. The maximum atomic E-state index is 11.8. The summed E-state index contributed by atoms with van der Waals surface area (Å²) in [5.74, 6) is 0.607. The highest BCUT2D eigenvalue weighted by atomic mass is 32.2. The summed E-state index contributed by atoms with van der Waals surface area (Å²) in [7, 11) is 1.72. The molecule has 0 aliphatic carbocycles. The normalized spacial score (nSPS) is 15.8. The number of hydrogen-bond donors (Lipinski definition) is 2. The first kappa shape index (κ1) is 17.1. The van der Waals surface area contributed by atoms with Crippen LogP contribution in [0.3, 0.4) is 0 Å². The first-order valence-corrected chi connectivity index (χ1v) is 8.08. The molecule has 0 fully saturated rings. The summed E-state index contributed by atoms with van der Waals surface area (Å²) in [6, 6.07) is 9.42. The van der Waals surface area contributed by atoms with E-state index in [0.29, 0.717) is 17.6 Å². The number of likely N-dealkylation sites (N-methyl/N-ethyl adjacent to an activating group) is 1. The van der Waals surface area contributed by atoms with Gasteiger partial charge in [-0.05, 0) is 30.7 Å². The molecule has 3 nitrogen and oxygen atoms in total. The highest BCUT2D eigenvalue weighted by Crippen LogP contribution is 2.29. The van der Waals surface area contributed by atoms with Crippen LogP contribution in [-0.2, 0) is 10.3 Å². The van der Waals surface area contributed by atoms with Crippen molar-refractivity contribution in [3.63, 3.8) is 0 Å². The summed E-state index contributed by atoms with van der Waals surface area (Å²) in [6.45, 7) is 6.58. The third-order valence-corrected chi connectivity index (χ3v) is 5.37. The van der Waals surface area contributed by atoms with Crippen molar-refractivity contribution in [2.24, 2.45) is 5.92 Å². The molecule has 0 aliphatic rings. The molecule has 1 aromatic carbocycles. The number of carbonyl (C=O) groups is 1. The van der Waals surface area contributed by atoms with E-state index in [0.717, 1.165) is 11.3 Å². The monoisotopic (exact) mass is 295 g/mol. The Bertz CT molecular complexity index is 422. The summed E-state index contributed by atoms with van der Waals surface area (Å²) in [4.78, 5) is 11.8. The number of thioether (sulfide) groups is 1. The van der Waals surface area contributed by atoms with Crippen LogP contribution in [0.1, 0.15) is 32.8 Å². The fraction of sp³-hybridized carbons (Fsp3) is 0.562. The molecule has 2 unspecified atom stereocenters. The molecule has 0 aromatic heterocycles. The Morgan fingerprint density at radius 2 is 1.90 bits per heavy atom. The Morgan fingerprint density at radius 3 is 2.35 bits per heavy atom. The topological polar surface area (TPSA) is 49.3 Å². The molecular formula is C16H25NO2S. The lowest BCUT2D eigenvalue weighted by Gasteiger charge is -2.30. The smallest absolute Gasteiger partial charge is 0.328 e. The van der Waals surface area contributed by atoms with E-state index in [4.69, 9.17) is 0 Å². The van der Waals surface area contributed by atoms with Gasteiger partial charge in [0.1, 0.15) is 5.54 Å². The average molecular weight is 295 g/mol. The Hall–Kier alpha value is -1.00. The minimum atomic E-state index is -0.995. The number of hydrogen-bond acceptors (Lipinski definition) is 3. The largest absolute Gasteiger partial charge is 0.480 e. The molecule has 0 spiro atoms. The minimum Gasteiger partial charge on any atom is -0.480 e. The van der Waals surface area contributed by atoms with Crippen LogP contribution in [0.2, 0.25) is 0 Å². The summed E-state index contributed by atoms with van der Waals surface area (Å²) in [5, 5.41) is 13.2. The van der Waals surface area contributed by atoms with E-state index in [1.165, 1.54) is 0 Å². The van der Waals surface area contributed by atoms with Crippen molar-refractivity contribution < 1.29 is 9.90 Å². The van der Waals surface area contributed by atoms with Gasteiger partial charge in [-0.15, -0.1) is 0 Å². The van der Waals surface area contributed by atoms with Crippen LogP contribution >= 0.6 is 11.8 Å². The van der Waals surface area contributed by atoms with Gasteiger partial charge in [-0.25, -0.2) is 4.79 Å². The molecular weight excluding hydrogens is 270 g/mol. The number of benzene rings is 1. The lowest BCUT2D eigenvalue weighted by Crippen LogP contribution is -2.48. The third kappa shape index (κ3) is 4.00. The maximum absolute atomic E-state index is 11.8. The molecule has 0 saturated carbocycles. The van der Waals surface area contributed by atoms with Crippen molar-refractivity contribution >= 4 is 17.7 Å². The molecule has 2 atom stereocenters. The maximum Gasteiger partial charge on any atom is 0.328 e. The number of carboxylic acids is 1. The number of nitrogens with one attached hydrogen (secondary N) is 1. The first-order chi connectivity index (χ1) is 9.44. The fourth-order valence-corrected chi connectivity index (χ4v) is 3.24. The zero-order valence-electron chi connectivity index (χ0n) is 12.7. The Kier molecular flexibility index (Phi) is 6.56. The van der Waals surface area contributed by atoms with Crippen molar-refractivity contribution in [1.29, 1.82) is 0 Å². The number of aliphatic carboxylic acids is 1. The van der Waals surface area contributed by atoms with Crippen LogP contribution in [0.5, 0.6) is 0 Å². The lowest BCUT2D eigenvalue weighted by molar-refractivity contribution is -0.145. The summed E-state index contributed by atoms with van der Waals surface area (Å²) in [5.41, 5.74) is -0.182. The molecule has 0 saturated heterocycles. The molecule has 0 heterocycles. The second-order valence-corrected chi connectivity index (χ2v) is 6.88. The van der Waals surface area contributed by atoms with Gasteiger partial charge < -0.3 is 10.4 Å². The van der Waals surface area contributed by atoms with E-state index in [1.807, 2.05) is 42.1 Å². The van der Waals surface area contributed by atoms with Crippen LogP contribution < -0.4 is 5.32 Å². The van der Waals surface area contributed by atoms with E-state index in [2.05, 4.69) is 26.1 Å². The second-order valence-electron chi connectivity index (χ2n) is 5.40. The minimum absolute atomic E-state index is 0.536. The van der Waals surface area contributed by atoms with Gasteiger partial charge in [0.2, 0.25) is 0 Å². The predicted molar refractivity (Wildman–Crippen MR) is 86.2 cm³/mol.